The second kappa shape index (κ2) is 8.89. The first-order valence-corrected chi connectivity index (χ1v) is 7.87. The standard InChI is InChI=1S/C19H22N2O5/c1-25-16-8-7-12(11-15(16)22)19(24)17(26-2)9-10-18(23)21-14-6-4-3-5-13(14)20/h3-11,17,19,22,24H,20H2,1-2H3,(H,21,23)/b10-9+/t17-,19-/m0/s1. The van der Waals surface area contributed by atoms with Gasteiger partial charge in [-0.15, -0.1) is 0 Å². The number of carbonyl (C=O) groups is 1. The number of nitrogens with two attached hydrogens (primary N) is 1. The van der Waals surface area contributed by atoms with Crippen molar-refractivity contribution >= 4 is 17.3 Å². The molecule has 0 heterocycles. The number of methoxy groups -OCH3 is 2. The van der Waals surface area contributed by atoms with E-state index in [0.29, 0.717) is 22.7 Å². The Kier molecular flexibility index (Phi) is 6.60. The molecule has 0 aliphatic rings. The predicted molar refractivity (Wildman–Crippen MR) is 99.0 cm³/mol. The highest BCUT2D eigenvalue weighted by Gasteiger charge is 2.20. The Morgan fingerprint density at radius 2 is 1.96 bits per heavy atom. The van der Waals surface area contributed by atoms with Crippen LogP contribution in [0.5, 0.6) is 11.5 Å². The number of nitrogens with one attached hydrogen (secondary N) is 1. The maximum absolute atomic E-state index is 12.0. The zero-order chi connectivity index (χ0) is 19.1. The van der Waals surface area contributed by atoms with Crippen molar-refractivity contribution in [2.24, 2.45) is 0 Å². The third kappa shape index (κ3) is 4.75. The van der Waals surface area contributed by atoms with Crippen LogP contribution in [0.3, 0.4) is 0 Å². The molecule has 0 bridgehead atoms. The van der Waals surface area contributed by atoms with Gasteiger partial charge in [0.25, 0.3) is 0 Å². The lowest BCUT2D eigenvalue weighted by Gasteiger charge is -2.19. The Hall–Kier alpha value is -3.03. The summed E-state index contributed by atoms with van der Waals surface area (Å²) in [7, 11) is 2.85. The van der Waals surface area contributed by atoms with E-state index in [1.165, 1.54) is 38.5 Å². The van der Waals surface area contributed by atoms with Gasteiger partial charge in [-0.1, -0.05) is 18.2 Å². The number of aromatic hydroxyl groups is 1. The fourth-order valence-corrected chi connectivity index (χ4v) is 2.36. The molecule has 0 unspecified atom stereocenters. The van der Waals surface area contributed by atoms with Crippen molar-refractivity contribution in [1.82, 2.24) is 0 Å². The molecule has 26 heavy (non-hydrogen) atoms. The van der Waals surface area contributed by atoms with Gasteiger partial charge in [0.05, 0.1) is 18.5 Å². The Balaban J connectivity index is 2.07. The lowest BCUT2D eigenvalue weighted by molar-refractivity contribution is -0.112. The van der Waals surface area contributed by atoms with Gasteiger partial charge in [-0.05, 0) is 35.9 Å². The lowest BCUT2D eigenvalue weighted by atomic mass is 10.0. The number of hydrogen-bond acceptors (Lipinski definition) is 6. The molecule has 2 aromatic carbocycles. The van der Waals surface area contributed by atoms with E-state index in [-0.39, 0.29) is 5.75 Å². The molecule has 7 heteroatoms. The number of amides is 1. The number of nitrogen functional groups attached to an aromatic ring is 1. The third-order valence-electron chi connectivity index (χ3n) is 3.78. The van der Waals surface area contributed by atoms with Crippen LogP contribution in [-0.2, 0) is 9.53 Å². The van der Waals surface area contributed by atoms with Gasteiger partial charge in [0, 0.05) is 13.2 Å². The highest BCUT2D eigenvalue weighted by atomic mass is 16.5. The Morgan fingerprint density at radius 3 is 2.58 bits per heavy atom. The summed E-state index contributed by atoms with van der Waals surface area (Å²) in [5, 5.41) is 22.9. The van der Waals surface area contributed by atoms with Crippen LogP contribution < -0.4 is 15.8 Å². The molecule has 5 N–H and O–H groups in total. The van der Waals surface area contributed by atoms with Crippen molar-refractivity contribution in [1.29, 1.82) is 0 Å². The van der Waals surface area contributed by atoms with E-state index in [1.807, 2.05) is 0 Å². The number of aliphatic hydroxyl groups is 1. The molecule has 2 atom stereocenters. The summed E-state index contributed by atoms with van der Waals surface area (Å²) in [5.41, 5.74) is 7.15. The number of phenols is 1. The molecule has 0 aromatic heterocycles. The summed E-state index contributed by atoms with van der Waals surface area (Å²) < 4.78 is 10.2. The van der Waals surface area contributed by atoms with E-state index < -0.39 is 18.1 Å². The van der Waals surface area contributed by atoms with Gasteiger partial charge < -0.3 is 30.7 Å². The first-order chi connectivity index (χ1) is 12.5. The minimum Gasteiger partial charge on any atom is -0.504 e. The van der Waals surface area contributed by atoms with E-state index in [9.17, 15) is 15.0 Å². The van der Waals surface area contributed by atoms with Crippen molar-refractivity contribution in [3.05, 3.63) is 60.2 Å². The number of phenolic OH excluding ortho intramolecular Hbond substituents is 1. The minimum atomic E-state index is -1.08. The molecule has 0 aliphatic carbocycles. The number of para-hydroxylation sites is 2. The molecule has 7 nitrogen and oxygen atoms in total. The molecule has 0 aliphatic heterocycles. The number of hydrogen-bond donors (Lipinski definition) is 4. The van der Waals surface area contributed by atoms with Crippen LogP contribution in [0.25, 0.3) is 0 Å². The maximum Gasteiger partial charge on any atom is 0.248 e. The van der Waals surface area contributed by atoms with Gasteiger partial charge in [-0.25, -0.2) is 0 Å². The van der Waals surface area contributed by atoms with Crippen molar-refractivity contribution < 1.29 is 24.5 Å². The lowest BCUT2D eigenvalue weighted by Crippen LogP contribution is -2.19. The molecule has 0 fully saturated rings. The fourth-order valence-electron chi connectivity index (χ4n) is 2.36. The Morgan fingerprint density at radius 1 is 1.23 bits per heavy atom. The van der Waals surface area contributed by atoms with Gasteiger partial charge >= 0.3 is 0 Å². The highest BCUT2D eigenvalue weighted by molar-refractivity contribution is 6.01. The number of carbonyl (C=O) groups excluding carboxylic acids is 1. The average Bonchev–Trinajstić information content (AvgIpc) is 2.63. The zero-order valence-corrected chi connectivity index (χ0v) is 14.5. The fraction of sp³-hybridized carbons (Fsp3) is 0.211. The Labute approximate surface area is 151 Å². The monoisotopic (exact) mass is 358 g/mol. The number of aliphatic hydroxyl groups excluding tert-OH is 1. The molecule has 138 valence electrons. The van der Waals surface area contributed by atoms with Gasteiger partial charge in [-0.2, -0.15) is 0 Å². The summed E-state index contributed by atoms with van der Waals surface area (Å²) in [4.78, 5) is 12.0. The normalized spacial score (nSPS) is 13.3. The largest absolute Gasteiger partial charge is 0.504 e. The number of rotatable bonds is 7. The second-order valence-electron chi connectivity index (χ2n) is 5.51. The van der Waals surface area contributed by atoms with Gasteiger partial charge in [-0.3, -0.25) is 4.79 Å². The van der Waals surface area contributed by atoms with Crippen LogP contribution in [-0.4, -0.2) is 36.4 Å². The van der Waals surface area contributed by atoms with Crippen LogP contribution in [0.4, 0.5) is 11.4 Å². The van der Waals surface area contributed by atoms with Crippen molar-refractivity contribution in [3.63, 3.8) is 0 Å². The second-order valence-corrected chi connectivity index (χ2v) is 5.51. The van der Waals surface area contributed by atoms with E-state index >= 15 is 0 Å². The summed E-state index contributed by atoms with van der Waals surface area (Å²) in [5.74, 6) is -0.208. The highest BCUT2D eigenvalue weighted by Crippen LogP contribution is 2.30. The molecule has 0 radical (unpaired) electrons. The maximum atomic E-state index is 12.0. The minimum absolute atomic E-state index is 0.0971. The van der Waals surface area contributed by atoms with Gasteiger partial charge in [0.15, 0.2) is 11.5 Å². The summed E-state index contributed by atoms with van der Waals surface area (Å²) in [6.45, 7) is 0. The molecule has 0 spiro atoms. The molecule has 1 amide bonds. The molecular formula is C19H22N2O5. The first kappa shape index (κ1) is 19.3. The van der Waals surface area contributed by atoms with Crippen LogP contribution in [0.15, 0.2) is 54.6 Å². The molecule has 0 saturated carbocycles. The van der Waals surface area contributed by atoms with Crippen molar-refractivity contribution in [2.75, 3.05) is 25.3 Å². The van der Waals surface area contributed by atoms with Crippen LogP contribution in [0.2, 0.25) is 0 Å². The average molecular weight is 358 g/mol. The van der Waals surface area contributed by atoms with E-state index in [1.54, 1.807) is 30.3 Å². The smallest absolute Gasteiger partial charge is 0.248 e. The third-order valence-corrected chi connectivity index (χ3v) is 3.78. The number of ether oxygens (including phenoxy) is 2. The predicted octanol–water partition coefficient (Wildman–Crippen LogP) is 2.23. The summed E-state index contributed by atoms with van der Waals surface area (Å²) >= 11 is 0. The quantitative estimate of drug-likeness (QED) is 0.446. The molecule has 2 aromatic rings. The van der Waals surface area contributed by atoms with Crippen LogP contribution in [0, 0.1) is 0 Å². The van der Waals surface area contributed by atoms with Crippen LogP contribution in [0.1, 0.15) is 11.7 Å². The summed E-state index contributed by atoms with van der Waals surface area (Å²) in [6.07, 6.45) is 0.817. The summed E-state index contributed by atoms with van der Waals surface area (Å²) in [6, 6.07) is 11.4. The van der Waals surface area contributed by atoms with Crippen LogP contribution >= 0.6 is 0 Å². The zero-order valence-electron chi connectivity index (χ0n) is 14.5. The van der Waals surface area contributed by atoms with E-state index in [4.69, 9.17) is 15.2 Å². The van der Waals surface area contributed by atoms with Crippen molar-refractivity contribution in [2.45, 2.75) is 12.2 Å². The SMILES string of the molecule is COc1ccc([C@H](O)[C@H](/C=C/C(=O)Nc2ccccc2N)OC)cc1O. The van der Waals surface area contributed by atoms with E-state index in [0.717, 1.165) is 0 Å². The molecule has 2 rings (SSSR count). The van der Waals surface area contributed by atoms with Gasteiger partial charge in [0.2, 0.25) is 5.91 Å². The first-order valence-electron chi connectivity index (χ1n) is 7.87. The van der Waals surface area contributed by atoms with Crippen molar-refractivity contribution in [3.8, 4) is 11.5 Å². The van der Waals surface area contributed by atoms with E-state index in [2.05, 4.69) is 5.32 Å². The number of anilines is 2. The molecule has 0 saturated heterocycles. The molecular weight excluding hydrogens is 336 g/mol. The topological polar surface area (TPSA) is 114 Å². The Bertz CT molecular complexity index is 791. The van der Waals surface area contributed by atoms with Gasteiger partial charge in [0.1, 0.15) is 12.2 Å². The number of benzene rings is 2.